The molecule has 0 amide bonds. The van der Waals surface area contributed by atoms with Crippen molar-refractivity contribution in [3.63, 3.8) is 0 Å². The number of aliphatic hydroxyl groups excluding tert-OH is 3. The summed E-state index contributed by atoms with van der Waals surface area (Å²) in [6.45, 7) is 1.43. The lowest BCUT2D eigenvalue weighted by Gasteiger charge is -2.42. The topological polar surface area (TPSA) is 186 Å². The van der Waals surface area contributed by atoms with E-state index in [9.17, 15) is 40.5 Å². The third-order valence-corrected chi connectivity index (χ3v) is 5.44. The van der Waals surface area contributed by atoms with Gasteiger partial charge in [0.1, 0.15) is 52.6 Å². The van der Waals surface area contributed by atoms with Crippen LogP contribution in [0.4, 0.5) is 0 Å². The Hall–Kier alpha value is -3.09. The highest BCUT2D eigenvalue weighted by atomic mass is 16.7. The molecule has 0 bridgehead atoms. The van der Waals surface area contributed by atoms with Crippen molar-refractivity contribution in [3.8, 4) is 28.7 Å². The van der Waals surface area contributed by atoms with Crippen molar-refractivity contribution in [1.29, 1.82) is 0 Å². The minimum absolute atomic E-state index is 0.105. The van der Waals surface area contributed by atoms with Gasteiger partial charge in [-0.2, -0.15) is 0 Å². The number of rotatable bonds is 3. The van der Waals surface area contributed by atoms with E-state index in [4.69, 9.17) is 14.2 Å². The number of phenols is 4. The van der Waals surface area contributed by atoms with Crippen molar-refractivity contribution in [2.75, 3.05) is 0 Å². The number of phenolic OH excluding ortho intramolecular Hbond substituents is 4. The molecule has 1 saturated heterocycles. The molecule has 0 aliphatic carbocycles. The van der Waals surface area contributed by atoms with E-state index in [2.05, 4.69) is 0 Å². The Morgan fingerprint density at radius 1 is 0.844 bits per heavy atom. The average molecular weight is 450 g/mol. The van der Waals surface area contributed by atoms with Gasteiger partial charge in [0, 0.05) is 23.8 Å². The van der Waals surface area contributed by atoms with E-state index in [1.54, 1.807) is 0 Å². The van der Waals surface area contributed by atoms with Crippen LogP contribution in [0.25, 0.3) is 0 Å². The van der Waals surface area contributed by atoms with Crippen LogP contribution in [0.15, 0.2) is 30.3 Å². The van der Waals surface area contributed by atoms with Crippen molar-refractivity contribution in [2.24, 2.45) is 0 Å². The summed E-state index contributed by atoms with van der Waals surface area (Å²) in [5.74, 6) is -2.59. The Morgan fingerprint density at radius 2 is 1.47 bits per heavy atom. The first kappa shape index (κ1) is 22.1. The van der Waals surface area contributed by atoms with Crippen LogP contribution in [0.5, 0.6) is 28.7 Å². The summed E-state index contributed by atoms with van der Waals surface area (Å²) < 4.78 is 16.9. The molecule has 7 N–H and O–H groups in total. The lowest BCUT2D eigenvalue weighted by atomic mass is 9.92. The van der Waals surface area contributed by atoms with Gasteiger partial charge in [0.2, 0.25) is 5.78 Å². The number of aliphatic hydroxyl groups is 3. The summed E-state index contributed by atoms with van der Waals surface area (Å²) in [6.07, 6.45) is -10.1. The number of ketones is 1. The number of hydrogen-bond acceptors (Lipinski definition) is 11. The maximum atomic E-state index is 13.3. The molecule has 11 nitrogen and oxygen atoms in total. The quantitative estimate of drug-likeness (QED) is 0.335. The second-order valence-corrected chi connectivity index (χ2v) is 7.76. The van der Waals surface area contributed by atoms with Gasteiger partial charge in [0.05, 0.1) is 6.10 Å². The van der Waals surface area contributed by atoms with Gasteiger partial charge in [-0.25, -0.2) is 0 Å². The Morgan fingerprint density at radius 3 is 2.12 bits per heavy atom. The minimum Gasteiger partial charge on any atom is -0.508 e. The molecular weight excluding hydrogens is 428 g/mol. The predicted octanol–water partition coefficient (Wildman–Crippen LogP) is 0.0381. The van der Waals surface area contributed by atoms with E-state index >= 15 is 0 Å². The fraction of sp³-hybridized carbons (Fsp3) is 0.381. The number of carbonyl (C=O) groups excluding carboxylic acids is 1. The number of aromatic hydroxyl groups is 4. The number of ether oxygens (including phenoxy) is 3. The van der Waals surface area contributed by atoms with Crippen LogP contribution in [-0.4, -0.2) is 78.3 Å². The number of hydrogen-bond donors (Lipinski definition) is 7. The molecule has 32 heavy (non-hydrogen) atoms. The van der Waals surface area contributed by atoms with E-state index in [1.165, 1.54) is 19.1 Å². The maximum Gasteiger partial charge on any atom is 0.203 e. The molecule has 0 unspecified atom stereocenters. The molecule has 2 aromatic carbocycles. The van der Waals surface area contributed by atoms with E-state index in [0.29, 0.717) is 0 Å². The number of fused-ring (bicyclic) bond motifs is 1. The summed E-state index contributed by atoms with van der Waals surface area (Å²) in [5, 5.41) is 70.0. The lowest BCUT2D eigenvalue weighted by molar-refractivity contribution is -0.304. The summed E-state index contributed by atoms with van der Waals surface area (Å²) in [7, 11) is 0. The van der Waals surface area contributed by atoms with Crippen molar-refractivity contribution in [2.45, 2.75) is 49.8 Å². The van der Waals surface area contributed by atoms with Crippen LogP contribution in [0.3, 0.4) is 0 Å². The number of Topliss-reactive ketones (excluding diaryl/α,β-unsaturated/α-hetero) is 1. The average Bonchev–Trinajstić information content (AvgIpc) is 2.70. The van der Waals surface area contributed by atoms with Crippen molar-refractivity contribution in [3.05, 3.63) is 41.5 Å². The van der Waals surface area contributed by atoms with Crippen LogP contribution in [0.1, 0.15) is 28.9 Å². The fourth-order valence-corrected chi connectivity index (χ4v) is 3.83. The van der Waals surface area contributed by atoms with Crippen molar-refractivity contribution in [1.82, 2.24) is 0 Å². The summed E-state index contributed by atoms with van der Waals surface area (Å²) in [4.78, 5) is 13.3. The van der Waals surface area contributed by atoms with E-state index in [1.807, 2.05) is 0 Å². The van der Waals surface area contributed by atoms with Crippen LogP contribution in [0.2, 0.25) is 0 Å². The van der Waals surface area contributed by atoms with Gasteiger partial charge in [-0.05, 0) is 19.1 Å². The number of carbonyl (C=O) groups is 1. The van der Waals surface area contributed by atoms with Crippen molar-refractivity contribution < 1.29 is 54.8 Å². The highest BCUT2D eigenvalue weighted by molar-refractivity contribution is 6.05. The molecule has 0 radical (unpaired) electrons. The molecule has 1 fully saturated rings. The molecule has 4 rings (SSSR count). The van der Waals surface area contributed by atoms with Crippen LogP contribution in [-0.2, 0) is 9.47 Å². The fourth-order valence-electron chi connectivity index (χ4n) is 3.83. The molecular formula is C21H22O11. The molecule has 2 aliphatic heterocycles. The smallest absolute Gasteiger partial charge is 0.203 e. The van der Waals surface area contributed by atoms with Gasteiger partial charge in [-0.1, -0.05) is 0 Å². The van der Waals surface area contributed by atoms with Gasteiger partial charge in [0.25, 0.3) is 0 Å². The number of benzene rings is 2. The molecule has 172 valence electrons. The zero-order chi connectivity index (χ0) is 23.3. The molecule has 2 heterocycles. The largest absolute Gasteiger partial charge is 0.508 e. The van der Waals surface area contributed by atoms with E-state index < -0.39 is 54.4 Å². The minimum atomic E-state index is -1.72. The van der Waals surface area contributed by atoms with Gasteiger partial charge in [-0.3, -0.25) is 4.79 Å². The molecule has 2 aliphatic rings. The molecule has 0 saturated carbocycles. The molecule has 0 spiro atoms. The highest BCUT2D eigenvalue weighted by Crippen LogP contribution is 2.44. The summed E-state index contributed by atoms with van der Waals surface area (Å²) in [5.41, 5.74) is -0.194. The first-order chi connectivity index (χ1) is 15.1. The third-order valence-electron chi connectivity index (χ3n) is 5.44. The van der Waals surface area contributed by atoms with E-state index in [0.717, 1.165) is 18.2 Å². The highest BCUT2D eigenvalue weighted by Gasteiger charge is 2.48. The monoisotopic (exact) mass is 450 g/mol. The Kier molecular flexibility index (Phi) is 5.61. The normalized spacial score (nSPS) is 32.2. The van der Waals surface area contributed by atoms with Gasteiger partial charge in [-0.15, -0.1) is 0 Å². The van der Waals surface area contributed by atoms with E-state index in [-0.39, 0.29) is 34.1 Å². The summed E-state index contributed by atoms with van der Waals surface area (Å²) >= 11 is 0. The molecule has 11 heteroatoms. The van der Waals surface area contributed by atoms with Gasteiger partial charge >= 0.3 is 0 Å². The Labute approximate surface area is 181 Å². The maximum absolute atomic E-state index is 13.3. The van der Waals surface area contributed by atoms with Crippen LogP contribution >= 0.6 is 0 Å². The second-order valence-electron chi connectivity index (χ2n) is 7.76. The van der Waals surface area contributed by atoms with Crippen LogP contribution < -0.4 is 4.74 Å². The predicted molar refractivity (Wildman–Crippen MR) is 104 cm³/mol. The lowest BCUT2D eigenvalue weighted by Crippen LogP contribution is -2.59. The van der Waals surface area contributed by atoms with Gasteiger partial charge in [0.15, 0.2) is 18.5 Å². The van der Waals surface area contributed by atoms with Crippen LogP contribution in [0, 0.1) is 0 Å². The van der Waals surface area contributed by atoms with Crippen molar-refractivity contribution >= 4 is 5.78 Å². The zero-order valence-electron chi connectivity index (χ0n) is 16.7. The van der Waals surface area contributed by atoms with Gasteiger partial charge < -0.3 is 50.0 Å². The Balaban J connectivity index is 1.76. The Bertz CT molecular complexity index is 1020. The standard InChI is InChI=1S/C21H22O11/c1-7-15(26)17(28)18(29)21(30-7)32-20-16(27)14-12(25)5-11(24)6-13(14)31-19(20)8-2-9(22)4-10(23)3-8/h2-7,15,17-26,28-29H,1H3/t7-,15-,17+,18+,19+,20-,21-/m0/s1. The first-order valence-corrected chi connectivity index (χ1v) is 9.71. The SMILES string of the molecule is C[C@@H]1O[C@@H](O[C@H]2C(=O)c3c(O)cc(O)cc3O[C@@H]2c2cc(O)cc(O)c2)[C@H](O)[C@H](O)[C@H]1O. The third kappa shape index (κ3) is 3.80. The second kappa shape index (κ2) is 8.11. The molecule has 0 aromatic heterocycles. The summed E-state index contributed by atoms with van der Waals surface area (Å²) in [6, 6.07) is 5.52. The first-order valence-electron chi connectivity index (χ1n) is 9.71. The molecule has 2 aromatic rings. The zero-order valence-corrected chi connectivity index (χ0v) is 16.7. The molecule has 7 atom stereocenters.